The number of benzene rings is 1. The minimum Gasteiger partial charge on any atom is -0.461 e. The van der Waals surface area contributed by atoms with Crippen molar-refractivity contribution >= 4 is 12.1 Å². The molecule has 2 rings (SSSR count). The van der Waals surface area contributed by atoms with Crippen LogP contribution in [0.15, 0.2) is 42.9 Å². The van der Waals surface area contributed by atoms with Crippen molar-refractivity contribution in [3.05, 3.63) is 54.1 Å². The fraction of sp³-hybridized carbons (Fsp3) is 0.421. The first-order valence-corrected chi connectivity index (χ1v) is 8.56. The first kappa shape index (κ1) is 19.5. The fourth-order valence-corrected chi connectivity index (χ4v) is 2.34. The van der Waals surface area contributed by atoms with Gasteiger partial charge in [-0.3, -0.25) is 0 Å². The van der Waals surface area contributed by atoms with E-state index in [0.29, 0.717) is 12.1 Å². The van der Waals surface area contributed by atoms with Crippen molar-refractivity contribution in [3.8, 4) is 0 Å². The fourth-order valence-electron chi connectivity index (χ4n) is 2.34. The van der Waals surface area contributed by atoms with Crippen molar-refractivity contribution in [1.82, 2.24) is 9.55 Å². The second kappa shape index (κ2) is 9.60. The normalized spacial score (nSPS) is 11.8. The van der Waals surface area contributed by atoms with Gasteiger partial charge in [-0.1, -0.05) is 30.3 Å². The topological polar surface area (TPSA) is 79.7 Å². The molecule has 0 spiro atoms. The lowest BCUT2D eigenvalue weighted by atomic mass is 10.1. The van der Waals surface area contributed by atoms with Crippen LogP contribution in [-0.4, -0.2) is 41.0 Å². The molecule has 0 aliphatic heterocycles. The molecule has 2 aromatic rings. The van der Waals surface area contributed by atoms with Crippen molar-refractivity contribution < 1.29 is 23.8 Å². The second-order valence-electron chi connectivity index (χ2n) is 6.03. The molecular formula is C19H24N2O5. The molecule has 1 aromatic heterocycles. The summed E-state index contributed by atoms with van der Waals surface area (Å²) in [5, 5.41) is 0. The van der Waals surface area contributed by atoms with Crippen LogP contribution in [0.5, 0.6) is 0 Å². The van der Waals surface area contributed by atoms with Crippen LogP contribution in [0.4, 0.5) is 4.79 Å². The molecule has 1 aromatic carbocycles. The van der Waals surface area contributed by atoms with Gasteiger partial charge in [-0.25, -0.2) is 14.6 Å². The van der Waals surface area contributed by atoms with E-state index in [1.54, 1.807) is 24.7 Å². The van der Waals surface area contributed by atoms with E-state index < -0.39 is 12.1 Å². The standard InChI is InChI=1S/C19H24N2O5/c1-14(2)26-19(23)25-11-7-10-24-18(22)17-12-20-13-21(17)15(3)16-8-5-4-6-9-16/h4-6,8-9,12-15H,7,10-11H2,1-3H3. The quantitative estimate of drug-likeness (QED) is 0.529. The molecule has 0 aliphatic rings. The van der Waals surface area contributed by atoms with Crippen LogP contribution in [0.1, 0.15) is 49.3 Å². The van der Waals surface area contributed by atoms with E-state index in [0.717, 1.165) is 5.56 Å². The van der Waals surface area contributed by atoms with Crippen LogP contribution in [0.3, 0.4) is 0 Å². The Balaban J connectivity index is 1.82. The molecule has 0 N–H and O–H groups in total. The molecule has 0 saturated carbocycles. The summed E-state index contributed by atoms with van der Waals surface area (Å²) in [5.41, 5.74) is 1.44. The summed E-state index contributed by atoms with van der Waals surface area (Å²) >= 11 is 0. The highest BCUT2D eigenvalue weighted by Gasteiger charge is 2.18. The van der Waals surface area contributed by atoms with Gasteiger partial charge in [-0.2, -0.15) is 0 Å². The van der Waals surface area contributed by atoms with Crippen molar-refractivity contribution in [2.75, 3.05) is 13.2 Å². The maximum Gasteiger partial charge on any atom is 0.508 e. The van der Waals surface area contributed by atoms with Gasteiger partial charge in [0, 0.05) is 6.42 Å². The van der Waals surface area contributed by atoms with Gasteiger partial charge in [0.25, 0.3) is 0 Å². The molecule has 1 heterocycles. The minimum absolute atomic E-state index is 0.0459. The average molecular weight is 360 g/mol. The molecule has 1 unspecified atom stereocenters. The maximum absolute atomic E-state index is 12.3. The van der Waals surface area contributed by atoms with E-state index >= 15 is 0 Å². The van der Waals surface area contributed by atoms with Gasteiger partial charge >= 0.3 is 12.1 Å². The number of hydrogen-bond donors (Lipinski definition) is 0. The molecule has 0 bridgehead atoms. The number of imidazole rings is 1. The minimum atomic E-state index is -0.721. The number of aromatic nitrogens is 2. The number of hydrogen-bond acceptors (Lipinski definition) is 6. The van der Waals surface area contributed by atoms with Crippen LogP contribution >= 0.6 is 0 Å². The lowest BCUT2D eigenvalue weighted by molar-refractivity contribution is 0.0266. The number of nitrogens with zero attached hydrogens (tertiary/aromatic N) is 2. The molecule has 7 nitrogen and oxygen atoms in total. The average Bonchev–Trinajstić information content (AvgIpc) is 3.10. The predicted molar refractivity (Wildman–Crippen MR) is 95.0 cm³/mol. The van der Waals surface area contributed by atoms with Gasteiger partial charge in [-0.15, -0.1) is 0 Å². The van der Waals surface area contributed by atoms with Crippen LogP contribution in [-0.2, 0) is 14.2 Å². The second-order valence-corrected chi connectivity index (χ2v) is 6.03. The van der Waals surface area contributed by atoms with E-state index in [9.17, 15) is 9.59 Å². The third kappa shape index (κ3) is 5.61. The molecule has 0 aliphatic carbocycles. The summed E-state index contributed by atoms with van der Waals surface area (Å²) in [5.74, 6) is -0.463. The molecular weight excluding hydrogens is 336 g/mol. The van der Waals surface area contributed by atoms with E-state index in [-0.39, 0.29) is 25.4 Å². The Morgan fingerprint density at radius 3 is 2.46 bits per heavy atom. The first-order chi connectivity index (χ1) is 12.5. The maximum atomic E-state index is 12.3. The largest absolute Gasteiger partial charge is 0.508 e. The molecule has 0 saturated heterocycles. The molecule has 0 amide bonds. The van der Waals surface area contributed by atoms with E-state index in [2.05, 4.69) is 4.98 Å². The predicted octanol–water partition coefficient (Wildman–Crippen LogP) is 3.60. The summed E-state index contributed by atoms with van der Waals surface area (Å²) in [6.45, 7) is 5.73. The van der Waals surface area contributed by atoms with E-state index in [1.807, 2.05) is 37.3 Å². The van der Waals surface area contributed by atoms with Crippen molar-refractivity contribution in [2.45, 2.75) is 39.3 Å². The van der Waals surface area contributed by atoms with E-state index in [4.69, 9.17) is 14.2 Å². The van der Waals surface area contributed by atoms with E-state index in [1.165, 1.54) is 6.20 Å². The number of esters is 1. The van der Waals surface area contributed by atoms with Crippen LogP contribution < -0.4 is 0 Å². The summed E-state index contributed by atoms with van der Waals surface area (Å²) in [6, 6.07) is 9.78. The molecule has 140 valence electrons. The van der Waals surface area contributed by atoms with Gasteiger partial charge in [0.15, 0.2) is 0 Å². The van der Waals surface area contributed by atoms with Crippen molar-refractivity contribution in [1.29, 1.82) is 0 Å². The van der Waals surface area contributed by atoms with Crippen molar-refractivity contribution in [3.63, 3.8) is 0 Å². The lowest BCUT2D eigenvalue weighted by Gasteiger charge is -2.16. The lowest BCUT2D eigenvalue weighted by Crippen LogP contribution is -2.17. The van der Waals surface area contributed by atoms with Gasteiger partial charge < -0.3 is 18.8 Å². The highest BCUT2D eigenvalue weighted by molar-refractivity contribution is 5.87. The number of carbonyl (C=O) groups is 2. The van der Waals surface area contributed by atoms with Crippen LogP contribution in [0, 0.1) is 0 Å². The third-order valence-corrected chi connectivity index (χ3v) is 3.65. The summed E-state index contributed by atoms with van der Waals surface area (Å²) in [7, 11) is 0. The zero-order chi connectivity index (χ0) is 18.9. The summed E-state index contributed by atoms with van der Waals surface area (Å²) in [4.78, 5) is 27.6. The first-order valence-electron chi connectivity index (χ1n) is 8.56. The zero-order valence-electron chi connectivity index (χ0n) is 15.3. The van der Waals surface area contributed by atoms with Gasteiger partial charge in [0.2, 0.25) is 0 Å². The Morgan fingerprint density at radius 2 is 1.77 bits per heavy atom. The monoisotopic (exact) mass is 360 g/mol. The molecule has 0 radical (unpaired) electrons. The highest BCUT2D eigenvalue weighted by atomic mass is 16.7. The number of rotatable bonds is 8. The molecule has 1 atom stereocenters. The van der Waals surface area contributed by atoms with Gasteiger partial charge in [-0.05, 0) is 26.3 Å². The smallest absolute Gasteiger partial charge is 0.461 e. The Morgan fingerprint density at radius 1 is 1.08 bits per heavy atom. The summed E-state index contributed by atoms with van der Waals surface area (Å²) < 4.78 is 16.7. The summed E-state index contributed by atoms with van der Waals surface area (Å²) in [6.07, 6.45) is 2.53. The number of ether oxygens (including phenoxy) is 3. The zero-order valence-corrected chi connectivity index (χ0v) is 15.3. The Kier molecular flexibility index (Phi) is 7.20. The Bertz CT molecular complexity index is 712. The Labute approximate surface area is 152 Å². The Hall–Kier alpha value is -2.83. The highest BCUT2D eigenvalue weighted by Crippen LogP contribution is 2.19. The molecule has 26 heavy (non-hydrogen) atoms. The third-order valence-electron chi connectivity index (χ3n) is 3.65. The number of carbonyl (C=O) groups excluding carboxylic acids is 2. The van der Waals surface area contributed by atoms with Gasteiger partial charge in [0.05, 0.1) is 37.9 Å². The molecule has 7 heteroatoms. The van der Waals surface area contributed by atoms with Crippen molar-refractivity contribution in [2.24, 2.45) is 0 Å². The SMILES string of the molecule is CC(C)OC(=O)OCCCOC(=O)c1cncn1C(C)c1ccccc1. The van der Waals surface area contributed by atoms with Gasteiger partial charge in [0.1, 0.15) is 5.69 Å². The molecule has 0 fully saturated rings. The van der Waals surface area contributed by atoms with Crippen LogP contribution in [0.2, 0.25) is 0 Å². The van der Waals surface area contributed by atoms with Crippen LogP contribution in [0.25, 0.3) is 0 Å².